The average molecular weight is 430 g/mol. The molecule has 0 fully saturated rings. The SMILES string of the molecule is CCCCCCCCCCCCN(c1cccc(C)c1C)c1cccc(C)c1C.Cl. The van der Waals surface area contributed by atoms with Gasteiger partial charge in [-0.05, 0) is 68.5 Å². The van der Waals surface area contributed by atoms with Crippen molar-refractivity contribution in [2.24, 2.45) is 0 Å². The second kappa shape index (κ2) is 14.5. The van der Waals surface area contributed by atoms with E-state index in [1.165, 1.54) is 97.8 Å². The van der Waals surface area contributed by atoms with Gasteiger partial charge in [0.05, 0.1) is 0 Å². The van der Waals surface area contributed by atoms with Crippen LogP contribution in [0.5, 0.6) is 0 Å². The highest BCUT2D eigenvalue weighted by Gasteiger charge is 2.15. The van der Waals surface area contributed by atoms with Crippen LogP contribution in [0.4, 0.5) is 11.4 Å². The lowest BCUT2D eigenvalue weighted by Gasteiger charge is -2.29. The Bertz CT molecular complexity index is 686. The maximum atomic E-state index is 2.56. The molecule has 0 N–H and O–H groups in total. The van der Waals surface area contributed by atoms with Crippen molar-refractivity contribution in [2.45, 2.75) is 98.8 Å². The van der Waals surface area contributed by atoms with Crippen LogP contribution in [0.3, 0.4) is 0 Å². The van der Waals surface area contributed by atoms with E-state index in [1.807, 2.05) is 0 Å². The highest BCUT2D eigenvalue weighted by molar-refractivity contribution is 5.85. The molecule has 0 aliphatic rings. The fourth-order valence-electron chi connectivity index (χ4n) is 4.18. The fourth-order valence-corrected chi connectivity index (χ4v) is 4.18. The first-order chi connectivity index (χ1) is 14.1. The number of benzene rings is 2. The molecule has 0 spiro atoms. The molecule has 0 radical (unpaired) electrons. The van der Waals surface area contributed by atoms with Gasteiger partial charge in [0.25, 0.3) is 0 Å². The minimum absolute atomic E-state index is 0. The average Bonchev–Trinajstić information content (AvgIpc) is 2.71. The second-order valence-corrected chi connectivity index (χ2v) is 8.77. The van der Waals surface area contributed by atoms with Crippen LogP contribution >= 0.6 is 12.4 Å². The van der Waals surface area contributed by atoms with Crippen molar-refractivity contribution in [1.29, 1.82) is 0 Å². The Labute approximate surface area is 192 Å². The molecule has 0 saturated carbocycles. The second-order valence-electron chi connectivity index (χ2n) is 8.77. The molecular formula is C28H44ClN. The molecule has 1 nitrogen and oxygen atoms in total. The van der Waals surface area contributed by atoms with E-state index in [9.17, 15) is 0 Å². The summed E-state index contributed by atoms with van der Waals surface area (Å²) in [5.74, 6) is 0. The molecule has 30 heavy (non-hydrogen) atoms. The third-order valence-corrected chi connectivity index (χ3v) is 6.47. The molecule has 168 valence electrons. The van der Waals surface area contributed by atoms with Crippen LogP contribution in [0.15, 0.2) is 36.4 Å². The normalized spacial score (nSPS) is 10.7. The summed E-state index contributed by atoms with van der Waals surface area (Å²) in [5.41, 5.74) is 8.30. The molecule has 0 aromatic heterocycles. The van der Waals surface area contributed by atoms with Gasteiger partial charge in [-0.1, -0.05) is 89.0 Å². The number of hydrogen-bond acceptors (Lipinski definition) is 1. The van der Waals surface area contributed by atoms with Gasteiger partial charge in [-0.2, -0.15) is 0 Å². The van der Waals surface area contributed by atoms with E-state index in [-0.39, 0.29) is 12.4 Å². The molecule has 0 bridgehead atoms. The summed E-state index contributed by atoms with van der Waals surface area (Å²) in [7, 11) is 0. The van der Waals surface area contributed by atoms with Gasteiger partial charge in [-0.15, -0.1) is 12.4 Å². The summed E-state index contributed by atoms with van der Waals surface area (Å²) in [6.07, 6.45) is 13.8. The highest BCUT2D eigenvalue weighted by Crippen LogP contribution is 2.33. The zero-order valence-corrected chi connectivity index (χ0v) is 20.9. The van der Waals surface area contributed by atoms with E-state index in [0.717, 1.165) is 6.54 Å². The van der Waals surface area contributed by atoms with E-state index in [4.69, 9.17) is 0 Å². The maximum absolute atomic E-state index is 2.56. The van der Waals surface area contributed by atoms with E-state index in [2.05, 4.69) is 75.9 Å². The molecule has 0 saturated heterocycles. The minimum Gasteiger partial charge on any atom is -0.341 e. The van der Waals surface area contributed by atoms with Crippen LogP contribution in [0.25, 0.3) is 0 Å². The van der Waals surface area contributed by atoms with Crippen molar-refractivity contribution in [3.63, 3.8) is 0 Å². The third-order valence-electron chi connectivity index (χ3n) is 6.47. The number of anilines is 2. The number of unbranched alkanes of at least 4 members (excludes halogenated alkanes) is 9. The number of aryl methyl sites for hydroxylation is 2. The van der Waals surface area contributed by atoms with Crippen LogP contribution in [0.1, 0.15) is 93.4 Å². The van der Waals surface area contributed by atoms with Crippen LogP contribution < -0.4 is 4.90 Å². The Kier molecular flexibility index (Phi) is 12.9. The molecule has 0 heterocycles. The quantitative estimate of drug-likeness (QED) is 0.286. The molecule has 0 amide bonds. The summed E-state index contributed by atoms with van der Waals surface area (Å²) >= 11 is 0. The maximum Gasteiger partial charge on any atom is 0.0443 e. The fraction of sp³-hybridized carbons (Fsp3) is 0.571. The Hall–Kier alpha value is -1.47. The lowest BCUT2D eigenvalue weighted by Crippen LogP contribution is -2.21. The first kappa shape index (κ1) is 26.6. The smallest absolute Gasteiger partial charge is 0.0443 e. The molecule has 2 heteroatoms. The third kappa shape index (κ3) is 7.99. The summed E-state index contributed by atoms with van der Waals surface area (Å²) in [6.45, 7) is 12.4. The lowest BCUT2D eigenvalue weighted by atomic mass is 10.0. The predicted octanol–water partition coefficient (Wildman–Crippen LogP) is 9.40. The molecule has 2 rings (SSSR count). The van der Waals surface area contributed by atoms with Gasteiger partial charge < -0.3 is 4.90 Å². The van der Waals surface area contributed by atoms with E-state index < -0.39 is 0 Å². The molecule has 0 unspecified atom stereocenters. The number of nitrogens with zero attached hydrogens (tertiary/aromatic N) is 1. The van der Waals surface area contributed by atoms with Gasteiger partial charge in [-0.3, -0.25) is 0 Å². The molecule has 0 aliphatic carbocycles. The van der Waals surface area contributed by atoms with Crippen LogP contribution in [-0.4, -0.2) is 6.54 Å². The molecule has 2 aromatic rings. The number of rotatable bonds is 13. The van der Waals surface area contributed by atoms with Gasteiger partial charge in [0.15, 0.2) is 0 Å². The molecule has 2 aromatic carbocycles. The molecule has 0 atom stereocenters. The summed E-state index contributed by atoms with van der Waals surface area (Å²) in [6, 6.07) is 13.4. The lowest BCUT2D eigenvalue weighted by molar-refractivity contribution is 0.557. The zero-order chi connectivity index (χ0) is 21.1. The van der Waals surface area contributed by atoms with Gasteiger partial charge in [-0.25, -0.2) is 0 Å². The van der Waals surface area contributed by atoms with Crippen molar-refractivity contribution in [3.05, 3.63) is 58.7 Å². The van der Waals surface area contributed by atoms with Crippen molar-refractivity contribution >= 4 is 23.8 Å². The van der Waals surface area contributed by atoms with Crippen LogP contribution in [-0.2, 0) is 0 Å². The largest absolute Gasteiger partial charge is 0.341 e. The highest BCUT2D eigenvalue weighted by atomic mass is 35.5. The molecular weight excluding hydrogens is 386 g/mol. The van der Waals surface area contributed by atoms with Crippen molar-refractivity contribution in [2.75, 3.05) is 11.4 Å². The van der Waals surface area contributed by atoms with Gasteiger partial charge >= 0.3 is 0 Å². The van der Waals surface area contributed by atoms with Gasteiger partial charge in [0.1, 0.15) is 0 Å². The van der Waals surface area contributed by atoms with Crippen molar-refractivity contribution in [1.82, 2.24) is 0 Å². The van der Waals surface area contributed by atoms with Crippen molar-refractivity contribution < 1.29 is 0 Å². The van der Waals surface area contributed by atoms with Gasteiger partial charge in [0.2, 0.25) is 0 Å². The summed E-state index contributed by atoms with van der Waals surface area (Å²) in [5, 5.41) is 0. The minimum atomic E-state index is 0. The summed E-state index contributed by atoms with van der Waals surface area (Å²) in [4.78, 5) is 2.56. The number of hydrogen-bond donors (Lipinski definition) is 0. The van der Waals surface area contributed by atoms with E-state index in [1.54, 1.807) is 0 Å². The van der Waals surface area contributed by atoms with Crippen LogP contribution in [0, 0.1) is 27.7 Å². The van der Waals surface area contributed by atoms with Gasteiger partial charge in [0, 0.05) is 17.9 Å². The standard InChI is InChI=1S/C28H43N.ClH/c1-6-7-8-9-10-11-12-13-14-15-22-29(27-20-16-18-23(2)25(27)4)28-21-17-19-24(3)26(28)5;/h16-21H,6-15,22H2,1-5H3;1H. The Morgan fingerprint density at radius 3 is 1.40 bits per heavy atom. The topological polar surface area (TPSA) is 3.24 Å². The summed E-state index contributed by atoms with van der Waals surface area (Å²) < 4.78 is 0. The Morgan fingerprint density at radius 1 is 0.567 bits per heavy atom. The van der Waals surface area contributed by atoms with Crippen LogP contribution in [0.2, 0.25) is 0 Å². The van der Waals surface area contributed by atoms with E-state index >= 15 is 0 Å². The monoisotopic (exact) mass is 429 g/mol. The molecule has 0 aliphatic heterocycles. The first-order valence-electron chi connectivity index (χ1n) is 12.0. The predicted molar refractivity (Wildman–Crippen MR) is 138 cm³/mol. The van der Waals surface area contributed by atoms with Crippen molar-refractivity contribution in [3.8, 4) is 0 Å². The number of halogens is 1. The Balaban J connectivity index is 0.00000450. The first-order valence-corrected chi connectivity index (χ1v) is 12.0. The zero-order valence-electron chi connectivity index (χ0n) is 20.1. The Morgan fingerprint density at radius 2 is 0.967 bits per heavy atom. The van der Waals surface area contributed by atoms with E-state index in [0.29, 0.717) is 0 Å².